The molecule has 1 aromatic heterocycles. The van der Waals surface area contributed by atoms with E-state index in [1.807, 2.05) is 31.2 Å². The molecule has 30 heavy (non-hydrogen) atoms. The molecule has 10 heteroatoms. The molecule has 0 fully saturated rings. The number of hydrogen-bond acceptors (Lipinski definition) is 7. The number of rotatable bonds is 9. The van der Waals surface area contributed by atoms with Gasteiger partial charge in [-0.2, -0.15) is 4.98 Å². The first-order valence-corrected chi connectivity index (χ1v) is 10.6. The average molecular weight is 431 g/mol. The van der Waals surface area contributed by atoms with Crippen molar-refractivity contribution in [1.82, 2.24) is 14.7 Å². The van der Waals surface area contributed by atoms with Gasteiger partial charge in [-0.05, 0) is 49.4 Å². The molecule has 2 aromatic carbocycles. The predicted octanol–water partition coefficient (Wildman–Crippen LogP) is 3.07. The van der Waals surface area contributed by atoms with Gasteiger partial charge in [0.25, 0.3) is 0 Å². The smallest absolute Gasteiger partial charge is 0.240 e. The molecule has 0 aliphatic rings. The molecule has 0 aliphatic heterocycles. The second-order valence-electron chi connectivity index (χ2n) is 6.35. The zero-order chi connectivity index (χ0) is 21.6. The van der Waals surface area contributed by atoms with E-state index in [2.05, 4.69) is 25.3 Å². The van der Waals surface area contributed by atoms with Gasteiger partial charge in [-0.15, -0.1) is 0 Å². The summed E-state index contributed by atoms with van der Waals surface area (Å²) in [7, 11) is -2.19. The van der Waals surface area contributed by atoms with Gasteiger partial charge in [-0.25, -0.2) is 22.5 Å². The Kier molecular flexibility index (Phi) is 6.80. The van der Waals surface area contributed by atoms with Crippen LogP contribution in [-0.4, -0.2) is 38.6 Å². The summed E-state index contributed by atoms with van der Waals surface area (Å²) in [5, 5.41) is 6.17. The molecule has 0 saturated heterocycles. The van der Waals surface area contributed by atoms with Gasteiger partial charge < -0.3 is 15.4 Å². The SMILES string of the molecule is COc1ccc(Nc2cc(C)nc(NCCNS(=O)(=O)c3cccc(F)c3)n2)cc1. The van der Waals surface area contributed by atoms with Crippen LogP contribution in [0.25, 0.3) is 0 Å². The van der Waals surface area contributed by atoms with E-state index in [1.165, 1.54) is 18.2 Å². The molecular weight excluding hydrogens is 409 g/mol. The monoisotopic (exact) mass is 431 g/mol. The summed E-state index contributed by atoms with van der Waals surface area (Å²) >= 11 is 0. The molecule has 0 unspecified atom stereocenters. The molecule has 0 amide bonds. The normalized spacial score (nSPS) is 11.2. The Bertz CT molecular complexity index is 1110. The summed E-state index contributed by atoms with van der Waals surface area (Å²) in [4.78, 5) is 8.56. The summed E-state index contributed by atoms with van der Waals surface area (Å²) < 4.78 is 45.2. The van der Waals surface area contributed by atoms with E-state index >= 15 is 0 Å². The lowest BCUT2D eigenvalue weighted by molar-refractivity contribution is 0.415. The summed E-state index contributed by atoms with van der Waals surface area (Å²) in [6.07, 6.45) is 0. The summed E-state index contributed by atoms with van der Waals surface area (Å²) in [6, 6.07) is 14.0. The molecule has 8 nitrogen and oxygen atoms in total. The molecule has 0 saturated carbocycles. The fourth-order valence-corrected chi connectivity index (χ4v) is 3.67. The minimum absolute atomic E-state index is 0.0807. The molecule has 0 spiro atoms. The van der Waals surface area contributed by atoms with Crippen LogP contribution in [0.5, 0.6) is 5.75 Å². The van der Waals surface area contributed by atoms with Crippen molar-refractivity contribution < 1.29 is 17.5 Å². The topological polar surface area (TPSA) is 105 Å². The highest BCUT2D eigenvalue weighted by molar-refractivity contribution is 7.89. The van der Waals surface area contributed by atoms with Crippen LogP contribution in [0.1, 0.15) is 5.69 Å². The fraction of sp³-hybridized carbons (Fsp3) is 0.200. The van der Waals surface area contributed by atoms with Crippen LogP contribution in [0.4, 0.5) is 21.8 Å². The number of aromatic nitrogens is 2. The third-order valence-electron chi connectivity index (χ3n) is 4.02. The van der Waals surface area contributed by atoms with Crippen LogP contribution in [0.15, 0.2) is 59.5 Å². The number of nitrogens with zero attached hydrogens (tertiary/aromatic N) is 2. The lowest BCUT2D eigenvalue weighted by Gasteiger charge is -2.11. The van der Waals surface area contributed by atoms with Crippen LogP contribution < -0.4 is 20.1 Å². The largest absolute Gasteiger partial charge is 0.497 e. The molecule has 158 valence electrons. The molecule has 0 aliphatic carbocycles. The Hall–Kier alpha value is -3.24. The highest BCUT2D eigenvalue weighted by atomic mass is 32.2. The van der Waals surface area contributed by atoms with Gasteiger partial charge in [-0.3, -0.25) is 0 Å². The number of anilines is 3. The quantitative estimate of drug-likeness (QED) is 0.447. The number of halogens is 1. The molecule has 1 heterocycles. The number of sulfonamides is 1. The second-order valence-corrected chi connectivity index (χ2v) is 8.12. The van der Waals surface area contributed by atoms with Crippen LogP contribution in [0, 0.1) is 12.7 Å². The van der Waals surface area contributed by atoms with Crippen LogP contribution in [-0.2, 0) is 10.0 Å². The predicted molar refractivity (Wildman–Crippen MR) is 113 cm³/mol. The Labute approximate surface area is 174 Å². The lowest BCUT2D eigenvalue weighted by atomic mass is 10.3. The Morgan fingerprint density at radius 2 is 1.80 bits per heavy atom. The van der Waals surface area contributed by atoms with Gasteiger partial charge >= 0.3 is 0 Å². The Balaban J connectivity index is 1.57. The van der Waals surface area contributed by atoms with Crippen molar-refractivity contribution >= 4 is 27.5 Å². The van der Waals surface area contributed by atoms with Gasteiger partial charge in [0.2, 0.25) is 16.0 Å². The van der Waals surface area contributed by atoms with Gasteiger partial charge in [0, 0.05) is 30.5 Å². The van der Waals surface area contributed by atoms with E-state index in [9.17, 15) is 12.8 Å². The average Bonchev–Trinajstić information content (AvgIpc) is 2.71. The number of nitrogens with one attached hydrogen (secondary N) is 3. The van der Waals surface area contributed by atoms with Crippen molar-refractivity contribution in [2.75, 3.05) is 30.8 Å². The highest BCUT2D eigenvalue weighted by Crippen LogP contribution is 2.20. The minimum Gasteiger partial charge on any atom is -0.497 e. The second kappa shape index (κ2) is 9.51. The molecule has 0 atom stereocenters. The first-order valence-electron chi connectivity index (χ1n) is 9.11. The minimum atomic E-state index is -3.79. The first-order chi connectivity index (χ1) is 14.4. The highest BCUT2D eigenvalue weighted by Gasteiger charge is 2.13. The summed E-state index contributed by atoms with van der Waals surface area (Å²) in [6.45, 7) is 2.16. The molecule has 3 N–H and O–H groups in total. The maximum atomic E-state index is 13.2. The molecule has 3 rings (SSSR count). The standard InChI is InChI=1S/C20H22FN5O3S/c1-14-12-19(25-16-6-8-17(29-2)9-7-16)26-20(24-14)22-10-11-23-30(27,28)18-5-3-4-15(21)13-18/h3-9,12-13,23H,10-11H2,1-2H3,(H2,22,24,25,26). The van der Waals surface area contributed by atoms with Gasteiger partial charge in [-0.1, -0.05) is 6.07 Å². The van der Waals surface area contributed by atoms with E-state index in [-0.39, 0.29) is 18.0 Å². The van der Waals surface area contributed by atoms with Crippen LogP contribution in [0.3, 0.4) is 0 Å². The number of methoxy groups -OCH3 is 1. The van der Waals surface area contributed by atoms with E-state index in [4.69, 9.17) is 4.74 Å². The van der Waals surface area contributed by atoms with Crippen LogP contribution in [0.2, 0.25) is 0 Å². The van der Waals surface area contributed by atoms with Crippen molar-refractivity contribution in [3.05, 3.63) is 66.1 Å². The van der Waals surface area contributed by atoms with Crippen molar-refractivity contribution in [1.29, 1.82) is 0 Å². The molecular formula is C20H22FN5O3S. The van der Waals surface area contributed by atoms with E-state index in [1.54, 1.807) is 13.2 Å². The van der Waals surface area contributed by atoms with Crippen molar-refractivity contribution in [3.8, 4) is 5.75 Å². The fourth-order valence-electron chi connectivity index (χ4n) is 2.61. The van der Waals surface area contributed by atoms with Crippen molar-refractivity contribution in [2.45, 2.75) is 11.8 Å². The Morgan fingerprint density at radius 3 is 2.50 bits per heavy atom. The summed E-state index contributed by atoms with van der Waals surface area (Å²) in [5.41, 5.74) is 1.58. The lowest BCUT2D eigenvalue weighted by Crippen LogP contribution is -2.29. The van der Waals surface area contributed by atoms with Gasteiger partial charge in [0.15, 0.2) is 0 Å². The number of benzene rings is 2. The Morgan fingerprint density at radius 1 is 1.03 bits per heavy atom. The van der Waals surface area contributed by atoms with Gasteiger partial charge in [0.1, 0.15) is 17.4 Å². The van der Waals surface area contributed by atoms with E-state index < -0.39 is 15.8 Å². The maximum absolute atomic E-state index is 13.2. The molecule has 0 bridgehead atoms. The van der Waals surface area contributed by atoms with E-state index in [0.717, 1.165) is 23.2 Å². The number of aryl methyl sites for hydroxylation is 1. The molecule has 0 radical (unpaired) electrons. The van der Waals surface area contributed by atoms with Crippen molar-refractivity contribution in [2.24, 2.45) is 0 Å². The van der Waals surface area contributed by atoms with E-state index in [0.29, 0.717) is 11.8 Å². The third-order valence-corrected chi connectivity index (χ3v) is 5.48. The van der Waals surface area contributed by atoms with Crippen molar-refractivity contribution in [3.63, 3.8) is 0 Å². The zero-order valence-electron chi connectivity index (χ0n) is 16.5. The zero-order valence-corrected chi connectivity index (χ0v) is 17.3. The first kappa shape index (κ1) is 21.5. The maximum Gasteiger partial charge on any atom is 0.240 e. The van der Waals surface area contributed by atoms with Crippen LogP contribution >= 0.6 is 0 Å². The van der Waals surface area contributed by atoms with Gasteiger partial charge in [0.05, 0.1) is 12.0 Å². The number of hydrogen-bond donors (Lipinski definition) is 3. The number of ether oxygens (including phenoxy) is 1. The molecule has 3 aromatic rings. The third kappa shape index (κ3) is 5.88. The summed E-state index contributed by atoms with van der Waals surface area (Å²) in [5.74, 6) is 1.09.